The van der Waals surface area contributed by atoms with Crippen molar-refractivity contribution in [3.63, 3.8) is 0 Å². The van der Waals surface area contributed by atoms with Gasteiger partial charge in [-0.05, 0) is 25.1 Å². The molecule has 0 amide bonds. The Labute approximate surface area is 126 Å². The molecular formula is C16H11ClFN3. The summed E-state index contributed by atoms with van der Waals surface area (Å²) >= 11 is 5.70. The Balaban J connectivity index is 2.11. The first kappa shape index (κ1) is 13.6. The minimum atomic E-state index is -0.492. The molecule has 0 aliphatic rings. The summed E-state index contributed by atoms with van der Waals surface area (Å²) in [6.45, 7) is 1.78. The summed E-state index contributed by atoms with van der Waals surface area (Å²) in [5.41, 5.74) is 1.46. The molecule has 0 aliphatic carbocycles. The van der Waals surface area contributed by atoms with Gasteiger partial charge in [0.05, 0.1) is 5.02 Å². The van der Waals surface area contributed by atoms with Gasteiger partial charge in [0.25, 0.3) is 0 Å². The topological polar surface area (TPSA) is 38.7 Å². The highest BCUT2D eigenvalue weighted by atomic mass is 35.5. The molecular weight excluding hydrogens is 289 g/mol. The van der Waals surface area contributed by atoms with E-state index in [1.54, 1.807) is 13.0 Å². The lowest BCUT2D eigenvalue weighted by Gasteiger charge is -2.06. The maximum Gasteiger partial charge on any atom is 0.163 e. The van der Waals surface area contributed by atoms with Crippen molar-refractivity contribution >= 4 is 11.6 Å². The molecule has 0 saturated heterocycles. The Bertz CT molecular complexity index is 791. The SMILES string of the molecule is Cc1nc(-c2ccccc2)nc(-c2ccc(Cl)c(F)c2)n1. The molecule has 0 unspecified atom stereocenters. The fourth-order valence-corrected chi connectivity index (χ4v) is 2.08. The van der Waals surface area contributed by atoms with Crippen LogP contribution in [0.3, 0.4) is 0 Å². The van der Waals surface area contributed by atoms with Gasteiger partial charge in [-0.2, -0.15) is 0 Å². The molecule has 3 rings (SSSR count). The average Bonchev–Trinajstić information content (AvgIpc) is 2.50. The van der Waals surface area contributed by atoms with Gasteiger partial charge in [0.2, 0.25) is 0 Å². The number of nitrogens with zero attached hydrogens (tertiary/aromatic N) is 3. The van der Waals surface area contributed by atoms with Gasteiger partial charge in [-0.3, -0.25) is 0 Å². The van der Waals surface area contributed by atoms with Crippen LogP contribution in [0.25, 0.3) is 22.8 Å². The summed E-state index contributed by atoms with van der Waals surface area (Å²) in [7, 11) is 0. The lowest BCUT2D eigenvalue weighted by atomic mass is 10.2. The third-order valence-electron chi connectivity index (χ3n) is 2.96. The van der Waals surface area contributed by atoms with E-state index in [4.69, 9.17) is 11.6 Å². The first-order chi connectivity index (χ1) is 10.1. The summed E-state index contributed by atoms with van der Waals surface area (Å²) in [6.07, 6.45) is 0. The van der Waals surface area contributed by atoms with E-state index in [9.17, 15) is 4.39 Å². The van der Waals surface area contributed by atoms with Crippen LogP contribution < -0.4 is 0 Å². The van der Waals surface area contributed by atoms with E-state index in [-0.39, 0.29) is 5.02 Å². The van der Waals surface area contributed by atoms with Gasteiger partial charge in [0.1, 0.15) is 11.6 Å². The molecule has 0 spiro atoms. The number of halogens is 2. The maximum atomic E-state index is 13.6. The van der Waals surface area contributed by atoms with E-state index in [1.165, 1.54) is 12.1 Å². The summed E-state index contributed by atoms with van der Waals surface area (Å²) < 4.78 is 13.6. The van der Waals surface area contributed by atoms with Gasteiger partial charge in [0, 0.05) is 11.1 Å². The van der Waals surface area contributed by atoms with Gasteiger partial charge >= 0.3 is 0 Å². The van der Waals surface area contributed by atoms with E-state index in [0.717, 1.165) is 5.56 Å². The standard InChI is InChI=1S/C16H11ClFN3/c1-10-19-15(11-5-3-2-4-6-11)21-16(20-10)12-7-8-13(17)14(18)9-12/h2-9H,1H3. The van der Waals surface area contributed by atoms with Crippen molar-refractivity contribution in [2.75, 3.05) is 0 Å². The van der Waals surface area contributed by atoms with Crippen molar-refractivity contribution in [1.82, 2.24) is 15.0 Å². The summed E-state index contributed by atoms with van der Waals surface area (Å²) in [5.74, 6) is 1.08. The van der Waals surface area contributed by atoms with E-state index in [0.29, 0.717) is 23.0 Å². The Kier molecular flexibility index (Phi) is 3.62. The van der Waals surface area contributed by atoms with Gasteiger partial charge in [-0.15, -0.1) is 0 Å². The van der Waals surface area contributed by atoms with E-state index in [1.807, 2.05) is 30.3 Å². The smallest absolute Gasteiger partial charge is 0.163 e. The van der Waals surface area contributed by atoms with Gasteiger partial charge in [0.15, 0.2) is 11.6 Å². The van der Waals surface area contributed by atoms with Crippen molar-refractivity contribution in [2.24, 2.45) is 0 Å². The first-order valence-corrected chi connectivity index (χ1v) is 6.75. The predicted octanol–water partition coefficient (Wildman–Crippen LogP) is 4.31. The molecule has 3 aromatic rings. The molecule has 21 heavy (non-hydrogen) atoms. The second-order valence-corrected chi connectivity index (χ2v) is 4.93. The Morgan fingerprint density at radius 3 is 2.19 bits per heavy atom. The molecule has 0 fully saturated rings. The lowest BCUT2D eigenvalue weighted by molar-refractivity contribution is 0.628. The molecule has 104 valence electrons. The van der Waals surface area contributed by atoms with E-state index < -0.39 is 5.82 Å². The van der Waals surface area contributed by atoms with Crippen LogP contribution in [0.1, 0.15) is 5.82 Å². The number of hydrogen-bond acceptors (Lipinski definition) is 3. The number of hydrogen-bond donors (Lipinski definition) is 0. The third kappa shape index (κ3) is 2.90. The zero-order chi connectivity index (χ0) is 14.8. The van der Waals surface area contributed by atoms with Crippen LogP contribution in [0.4, 0.5) is 4.39 Å². The van der Waals surface area contributed by atoms with Crippen molar-refractivity contribution in [2.45, 2.75) is 6.92 Å². The number of benzene rings is 2. The van der Waals surface area contributed by atoms with E-state index >= 15 is 0 Å². The van der Waals surface area contributed by atoms with Crippen LogP contribution in [-0.4, -0.2) is 15.0 Å². The molecule has 3 nitrogen and oxygen atoms in total. The van der Waals surface area contributed by atoms with Crippen molar-refractivity contribution in [3.05, 3.63) is 65.2 Å². The van der Waals surface area contributed by atoms with Crippen LogP contribution in [0.5, 0.6) is 0 Å². The average molecular weight is 300 g/mol. The summed E-state index contributed by atoms with van der Waals surface area (Å²) in [4.78, 5) is 13.0. The molecule has 0 bridgehead atoms. The molecule has 1 heterocycles. The molecule has 2 aromatic carbocycles. The normalized spacial score (nSPS) is 10.6. The van der Waals surface area contributed by atoms with Crippen molar-refractivity contribution < 1.29 is 4.39 Å². The quantitative estimate of drug-likeness (QED) is 0.708. The zero-order valence-corrected chi connectivity index (χ0v) is 12.0. The number of aryl methyl sites for hydroxylation is 1. The number of rotatable bonds is 2. The predicted molar refractivity (Wildman–Crippen MR) is 80.4 cm³/mol. The van der Waals surface area contributed by atoms with E-state index in [2.05, 4.69) is 15.0 Å². The van der Waals surface area contributed by atoms with Crippen molar-refractivity contribution in [3.8, 4) is 22.8 Å². The fourth-order valence-electron chi connectivity index (χ4n) is 1.96. The van der Waals surface area contributed by atoms with Crippen LogP contribution >= 0.6 is 11.6 Å². The Morgan fingerprint density at radius 2 is 1.52 bits per heavy atom. The zero-order valence-electron chi connectivity index (χ0n) is 11.2. The monoisotopic (exact) mass is 299 g/mol. The Hall–Kier alpha value is -2.33. The third-order valence-corrected chi connectivity index (χ3v) is 3.26. The molecule has 0 aliphatic heterocycles. The summed E-state index contributed by atoms with van der Waals surface area (Å²) in [5, 5.41) is 0.0767. The van der Waals surface area contributed by atoms with Gasteiger partial charge < -0.3 is 0 Å². The number of aromatic nitrogens is 3. The second kappa shape index (κ2) is 5.58. The van der Waals surface area contributed by atoms with Gasteiger partial charge in [-0.1, -0.05) is 41.9 Å². The van der Waals surface area contributed by atoms with Crippen LogP contribution in [-0.2, 0) is 0 Å². The molecule has 0 atom stereocenters. The highest BCUT2D eigenvalue weighted by molar-refractivity contribution is 6.30. The van der Waals surface area contributed by atoms with Gasteiger partial charge in [-0.25, -0.2) is 19.3 Å². The minimum Gasteiger partial charge on any atom is -0.213 e. The fraction of sp³-hybridized carbons (Fsp3) is 0.0625. The maximum absolute atomic E-state index is 13.6. The highest BCUT2D eigenvalue weighted by Gasteiger charge is 2.10. The van der Waals surface area contributed by atoms with Crippen molar-refractivity contribution in [1.29, 1.82) is 0 Å². The molecule has 5 heteroatoms. The van der Waals surface area contributed by atoms with Crippen LogP contribution in [0, 0.1) is 12.7 Å². The molecule has 0 saturated carbocycles. The lowest BCUT2D eigenvalue weighted by Crippen LogP contribution is -1.99. The molecule has 0 radical (unpaired) electrons. The Morgan fingerprint density at radius 1 is 0.857 bits per heavy atom. The molecule has 0 N–H and O–H groups in total. The first-order valence-electron chi connectivity index (χ1n) is 6.37. The highest BCUT2D eigenvalue weighted by Crippen LogP contribution is 2.23. The molecule has 1 aromatic heterocycles. The summed E-state index contributed by atoms with van der Waals surface area (Å²) in [6, 6.07) is 14.1. The largest absolute Gasteiger partial charge is 0.213 e. The van der Waals surface area contributed by atoms with Crippen LogP contribution in [0.15, 0.2) is 48.5 Å². The second-order valence-electron chi connectivity index (χ2n) is 4.52. The van der Waals surface area contributed by atoms with Crippen LogP contribution in [0.2, 0.25) is 5.02 Å². The minimum absolute atomic E-state index is 0.0767.